The molecule has 1 amide bonds. The Labute approximate surface area is 88.9 Å². The summed E-state index contributed by atoms with van der Waals surface area (Å²) in [7, 11) is 0. The van der Waals surface area contributed by atoms with Gasteiger partial charge in [-0.2, -0.15) is 0 Å². The minimum Gasteiger partial charge on any atom is -0.399 e. The molecule has 0 radical (unpaired) electrons. The summed E-state index contributed by atoms with van der Waals surface area (Å²) < 4.78 is 0. The molecule has 0 aromatic carbocycles. The highest BCUT2D eigenvalue weighted by atomic mass is 16.1. The third-order valence-corrected chi connectivity index (χ3v) is 1.62. The molecule has 1 aromatic rings. The van der Waals surface area contributed by atoms with Gasteiger partial charge in [0.15, 0.2) is 0 Å². The number of nitrogen functional groups attached to an aromatic ring is 1. The highest BCUT2D eigenvalue weighted by molar-refractivity contribution is 5.72. The Bertz CT molecular complexity index is 404. The second kappa shape index (κ2) is 5.66. The van der Waals surface area contributed by atoms with Gasteiger partial charge in [0.05, 0.1) is 0 Å². The van der Waals surface area contributed by atoms with Crippen LogP contribution in [0.2, 0.25) is 0 Å². The number of rotatable bonds is 2. The van der Waals surface area contributed by atoms with Crippen LogP contribution in [-0.4, -0.2) is 17.4 Å². The van der Waals surface area contributed by atoms with E-state index in [9.17, 15) is 4.79 Å². The van der Waals surface area contributed by atoms with Crippen molar-refractivity contribution in [2.75, 3.05) is 12.3 Å². The van der Waals surface area contributed by atoms with Crippen LogP contribution in [0.1, 0.15) is 19.0 Å². The van der Waals surface area contributed by atoms with Crippen LogP contribution in [-0.2, 0) is 4.79 Å². The summed E-state index contributed by atoms with van der Waals surface area (Å²) in [5.74, 6) is 5.73. The van der Waals surface area contributed by atoms with E-state index in [0.29, 0.717) is 24.3 Å². The van der Waals surface area contributed by atoms with E-state index in [4.69, 9.17) is 5.73 Å². The van der Waals surface area contributed by atoms with E-state index < -0.39 is 0 Å². The molecule has 0 bridgehead atoms. The summed E-state index contributed by atoms with van der Waals surface area (Å²) in [6.07, 6.45) is 2.23. The molecule has 1 rings (SSSR count). The van der Waals surface area contributed by atoms with Gasteiger partial charge in [-0.25, -0.2) is 4.98 Å². The molecule has 0 atom stereocenters. The first-order valence-electron chi connectivity index (χ1n) is 4.63. The molecule has 0 aliphatic carbocycles. The Morgan fingerprint density at radius 3 is 3.13 bits per heavy atom. The fourth-order valence-electron chi connectivity index (χ4n) is 0.969. The van der Waals surface area contributed by atoms with Crippen molar-refractivity contribution in [3.05, 3.63) is 24.0 Å². The number of aromatic nitrogens is 1. The van der Waals surface area contributed by atoms with Crippen molar-refractivity contribution in [1.82, 2.24) is 10.3 Å². The van der Waals surface area contributed by atoms with E-state index >= 15 is 0 Å². The van der Waals surface area contributed by atoms with E-state index in [1.54, 1.807) is 18.3 Å². The maximum atomic E-state index is 10.5. The molecule has 4 heteroatoms. The Balaban J connectivity index is 2.41. The van der Waals surface area contributed by atoms with E-state index in [1.165, 1.54) is 6.92 Å². The number of nitrogens with zero attached hydrogens (tertiary/aromatic N) is 1. The summed E-state index contributed by atoms with van der Waals surface area (Å²) in [4.78, 5) is 14.6. The molecule has 78 valence electrons. The molecule has 1 aromatic heterocycles. The number of carbonyl (C=O) groups excluding carboxylic acids is 1. The van der Waals surface area contributed by atoms with Crippen LogP contribution in [0.3, 0.4) is 0 Å². The first-order chi connectivity index (χ1) is 7.18. The lowest BCUT2D eigenvalue weighted by Crippen LogP contribution is -2.20. The quantitative estimate of drug-likeness (QED) is 0.544. The topological polar surface area (TPSA) is 68.0 Å². The zero-order valence-corrected chi connectivity index (χ0v) is 8.58. The molecule has 0 saturated carbocycles. The van der Waals surface area contributed by atoms with E-state index in [2.05, 4.69) is 22.1 Å². The van der Waals surface area contributed by atoms with Gasteiger partial charge < -0.3 is 11.1 Å². The van der Waals surface area contributed by atoms with Gasteiger partial charge in [0.2, 0.25) is 5.91 Å². The monoisotopic (exact) mass is 203 g/mol. The molecule has 4 nitrogen and oxygen atoms in total. The minimum absolute atomic E-state index is 0.0427. The second-order valence-electron chi connectivity index (χ2n) is 3.01. The third kappa shape index (κ3) is 4.67. The van der Waals surface area contributed by atoms with Gasteiger partial charge in [-0.1, -0.05) is 5.92 Å². The highest BCUT2D eigenvalue weighted by Gasteiger charge is 1.89. The number of pyridine rings is 1. The summed E-state index contributed by atoms with van der Waals surface area (Å²) in [6, 6.07) is 3.42. The predicted octanol–water partition coefficient (Wildman–Crippen LogP) is 0.541. The van der Waals surface area contributed by atoms with Gasteiger partial charge in [0.25, 0.3) is 0 Å². The minimum atomic E-state index is -0.0427. The number of anilines is 1. The Morgan fingerprint density at radius 1 is 1.67 bits per heavy atom. The molecule has 0 spiro atoms. The van der Waals surface area contributed by atoms with Crippen LogP contribution in [0.5, 0.6) is 0 Å². The van der Waals surface area contributed by atoms with Gasteiger partial charge in [-0.3, -0.25) is 4.79 Å². The summed E-state index contributed by atoms with van der Waals surface area (Å²) in [5.41, 5.74) is 6.86. The Kier molecular flexibility index (Phi) is 4.17. The number of hydrogen-bond acceptors (Lipinski definition) is 3. The second-order valence-corrected chi connectivity index (χ2v) is 3.01. The molecule has 0 aliphatic rings. The van der Waals surface area contributed by atoms with Gasteiger partial charge in [-0.05, 0) is 18.1 Å². The van der Waals surface area contributed by atoms with Crippen molar-refractivity contribution < 1.29 is 4.79 Å². The van der Waals surface area contributed by atoms with Crippen molar-refractivity contribution in [3.63, 3.8) is 0 Å². The summed E-state index contributed by atoms with van der Waals surface area (Å²) >= 11 is 0. The Morgan fingerprint density at radius 2 is 2.47 bits per heavy atom. The fraction of sp³-hybridized carbons (Fsp3) is 0.273. The number of hydrogen-bond donors (Lipinski definition) is 2. The molecule has 0 unspecified atom stereocenters. The first-order valence-corrected chi connectivity index (χ1v) is 4.63. The largest absolute Gasteiger partial charge is 0.399 e. The molecular formula is C11H13N3O. The first kappa shape index (κ1) is 11.1. The molecule has 0 aliphatic heterocycles. The van der Waals surface area contributed by atoms with E-state index in [-0.39, 0.29) is 5.91 Å². The molecule has 0 saturated heterocycles. The molecular weight excluding hydrogens is 190 g/mol. The molecule has 3 N–H and O–H groups in total. The number of carbonyl (C=O) groups is 1. The lowest BCUT2D eigenvalue weighted by atomic mass is 10.3. The van der Waals surface area contributed by atoms with Crippen molar-refractivity contribution >= 4 is 11.6 Å². The zero-order chi connectivity index (χ0) is 11.1. The fourth-order valence-corrected chi connectivity index (χ4v) is 0.969. The van der Waals surface area contributed by atoms with Gasteiger partial charge in [-0.15, -0.1) is 0 Å². The lowest BCUT2D eigenvalue weighted by molar-refractivity contribution is -0.118. The van der Waals surface area contributed by atoms with Crippen LogP contribution in [0.15, 0.2) is 18.3 Å². The summed E-state index contributed by atoms with van der Waals surface area (Å²) in [6.45, 7) is 2.04. The predicted molar refractivity (Wildman–Crippen MR) is 58.8 cm³/mol. The number of amides is 1. The Hall–Kier alpha value is -2.02. The van der Waals surface area contributed by atoms with E-state index in [1.807, 2.05) is 0 Å². The van der Waals surface area contributed by atoms with Crippen LogP contribution < -0.4 is 11.1 Å². The maximum absolute atomic E-state index is 10.5. The third-order valence-electron chi connectivity index (χ3n) is 1.62. The lowest BCUT2D eigenvalue weighted by Gasteiger charge is -1.95. The van der Waals surface area contributed by atoms with Crippen LogP contribution in [0.4, 0.5) is 5.69 Å². The molecule has 1 heterocycles. The molecule has 15 heavy (non-hydrogen) atoms. The van der Waals surface area contributed by atoms with Crippen molar-refractivity contribution in [2.45, 2.75) is 13.3 Å². The van der Waals surface area contributed by atoms with Crippen molar-refractivity contribution in [2.24, 2.45) is 0 Å². The van der Waals surface area contributed by atoms with E-state index in [0.717, 1.165) is 0 Å². The maximum Gasteiger partial charge on any atom is 0.216 e. The summed E-state index contributed by atoms with van der Waals surface area (Å²) in [5, 5.41) is 2.66. The smallest absolute Gasteiger partial charge is 0.216 e. The van der Waals surface area contributed by atoms with Crippen LogP contribution in [0, 0.1) is 11.8 Å². The average Bonchev–Trinajstić information content (AvgIpc) is 2.17. The zero-order valence-electron chi connectivity index (χ0n) is 8.58. The van der Waals surface area contributed by atoms with Crippen molar-refractivity contribution in [1.29, 1.82) is 0 Å². The standard InChI is InChI=1S/C11H13N3O/c1-9(15)13-6-3-2-4-11-8-10(12)5-7-14-11/h5,7-8H,3,6H2,1H3,(H2,12,14)(H,13,15). The average molecular weight is 203 g/mol. The van der Waals surface area contributed by atoms with Crippen LogP contribution >= 0.6 is 0 Å². The molecule has 0 fully saturated rings. The normalized spacial score (nSPS) is 8.87. The van der Waals surface area contributed by atoms with Gasteiger partial charge in [0, 0.05) is 31.8 Å². The highest BCUT2D eigenvalue weighted by Crippen LogP contribution is 2.00. The SMILES string of the molecule is CC(=O)NCCC#Cc1cc(N)ccn1. The van der Waals surface area contributed by atoms with Crippen LogP contribution in [0.25, 0.3) is 0 Å². The van der Waals surface area contributed by atoms with Crippen molar-refractivity contribution in [3.8, 4) is 11.8 Å². The number of nitrogens with one attached hydrogen (secondary N) is 1. The number of nitrogens with two attached hydrogens (primary N) is 1. The van der Waals surface area contributed by atoms with Gasteiger partial charge in [0.1, 0.15) is 5.69 Å². The van der Waals surface area contributed by atoms with Gasteiger partial charge >= 0.3 is 0 Å².